The Labute approximate surface area is 194 Å². The average Bonchev–Trinajstić information content (AvgIpc) is 2.83. The Morgan fingerprint density at radius 3 is 2.30 bits per heavy atom. The van der Waals surface area contributed by atoms with E-state index in [-0.39, 0.29) is 11.5 Å². The van der Waals surface area contributed by atoms with Gasteiger partial charge in [-0.15, -0.1) is 0 Å². The minimum absolute atomic E-state index is 0.127. The first-order valence-electron chi connectivity index (χ1n) is 10.6. The molecule has 10 heteroatoms. The number of methoxy groups -OCH3 is 2. The van der Waals surface area contributed by atoms with Crippen LogP contribution < -0.4 is 14.2 Å². The zero-order chi connectivity index (χ0) is 23.8. The smallest absolute Gasteiger partial charge is 0.243 e. The van der Waals surface area contributed by atoms with Gasteiger partial charge in [-0.2, -0.15) is 9.57 Å². The Morgan fingerprint density at radius 1 is 1.03 bits per heavy atom. The van der Waals surface area contributed by atoms with Gasteiger partial charge in [0.25, 0.3) is 0 Å². The largest absolute Gasteiger partial charge is 0.493 e. The Morgan fingerprint density at radius 2 is 1.70 bits per heavy atom. The highest BCUT2D eigenvalue weighted by molar-refractivity contribution is 7.89. The van der Waals surface area contributed by atoms with Crippen molar-refractivity contribution in [3.05, 3.63) is 48.0 Å². The second-order valence-corrected chi connectivity index (χ2v) is 9.60. The summed E-state index contributed by atoms with van der Waals surface area (Å²) < 4.78 is 43.5. The maximum atomic E-state index is 13.0. The lowest BCUT2D eigenvalue weighted by atomic mass is 10.2. The summed E-state index contributed by atoms with van der Waals surface area (Å²) in [5.41, 5.74) is 0.909. The first kappa shape index (κ1) is 24.8. The van der Waals surface area contributed by atoms with E-state index in [1.807, 2.05) is 17.0 Å². The maximum absolute atomic E-state index is 13.0. The third kappa shape index (κ3) is 6.36. The van der Waals surface area contributed by atoms with E-state index < -0.39 is 16.1 Å². The van der Waals surface area contributed by atoms with Gasteiger partial charge >= 0.3 is 0 Å². The van der Waals surface area contributed by atoms with Crippen LogP contribution in [0.1, 0.15) is 5.56 Å². The molecule has 1 atom stereocenters. The number of hydrogen-bond acceptors (Lipinski definition) is 8. The van der Waals surface area contributed by atoms with Crippen molar-refractivity contribution in [1.82, 2.24) is 9.21 Å². The molecule has 1 saturated heterocycles. The number of ether oxygens (including phenoxy) is 3. The molecule has 2 aromatic carbocycles. The number of rotatable bonds is 10. The van der Waals surface area contributed by atoms with Gasteiger partial charge < -0.3 is 19.3 Å². The minimum Gasteiger partial charge on any atom is -0.493 e. The van der Waals surface area contributed by atoms with Crippen molar-refractivity contribution in [2.45, 2.75) is 17.4 Å². The van der Waals surface area contributed by atoms with Crippen molar-refractivity contribution in [2.75, 3.05) is 53.6 Å². The van der Waals surface area contributed by atoms with Crippen LogP contribution in [0.4, 0.5) is 0 Å². The fourth-order valence-electron chi connectivity index (χ4n) is 3.62. The van der Waals surface area contributed by atoms with Gasteiger partial charge in [-0.3, -0.25) is 4.90 Å². The molecule has 0 radical (unpaired) electrons. The molecule has 0 aromatic heterocycles. The topological polar surface area (TPSA) is 112 Å². The molecule has 0 saturated carbocycles. The highest BCUT2D eigenvalue weighted by Gasteiger charge is 2.30. The number of hydrogen-bond donors (Lipinski definition) is 1. The van der Waals surface area contributed by atoms with Crippen LogP contribution in [0.15, 0.2) is 47.4 Å². The molecule has 9 nitrogen and oxygen atoms in total. The number of piperazine rings is 1. The van der Waals surface area contributed by atoms with Gasteiger partial charge in [-0.1, -0.05) is 12.1 Å². The number of aliphatic hydroxyl groups is 1. The van der Waals surface area contributed by atoms with Crippen molar-refractivity contribution in [3.8, 4) is 23.3 Å². The molecule has 1 N–H and O–H groups in total. The second-order valence-electron chi connectivity index (χ2n) is 7.67. The summed E-state index contributed by atoms with van der Waals surface area (Å²) in [6.45, 7) is 2.17. The fraction of sp³-hybridized carbons (Fsp3) is 0.435. The zero-order valence-corrected chi connectivity index (χ0v) is 19.6. The van der Waals surface area contributed by atoms with Crippen LogP contribution in [0.5, 0.6) is 17.2 Å². The van der Waals surface area contributed by atoms with Gasteiger partial charge in [0.15, 0.2) is 11.5 Å². The highest BCUT2D eigenvalue weighted by Crippen LogP contribution is 2.30. The van der Waals surface area contributed by atoms with Gasteiger partial charge in [0.05, 0.1) is 31.6 Å². The monoisotopic (exact) mass is 475 g/mol. The summed E-state index contributed by atoms with van der Waals surface area (Å²) in [6.07, 6.45) is -0.367. The normalized spacial score (nSPS) is 16.1. The van der Waals surface area contributed by atoms with Crippen LogP contribution in [0, 0.1) is 11.3 Å². The SMILES string of the molecule is COc1ccc(S(=O)(=O)N2CCN(C[C@@H](O)COc3ccc(CC#N)cc3)CC2)cc1OC. The Kier molecular flexibility index (Phi) is 8.52. The second kappa shape index (κ2) is 11.3. The molecule has 3 rings (SSSR count). The molecular weight excluding hydrogens is 446 g/mol. The molecule has 178 valence electrons. The highest BCUT2D eigenvalue weighted by atomic mass is 32.2. The Bertz CT molecular complexity index is 1060. The number of nitrogens with zero attached hydrogens (tertiary/aromatic N) is 3. The van der Waals surface area contributed by atoms with Gasteiger partial charge in [0.2, 0.25) is 10.0 Å². The summed E-state index contributed by atoms with van der Waals surface area (Å²) >= 11 is 0. The summed E-state index contributed by atoms with van der Waals surface area (Å²) in [5, 5.41) is 19.1. The maximum Gasteiger partial charge on any atom is 0.243 e. The van der Waals surface area contributed by atoms with Gasteiger partial charge in [-0.05, 0) is 29.8 Å². The molecular formula is C23H29N3O6S. The predicted octanol–water partition coefficient (Wildman–Crippen LogP) is 1.52. The molecule has 0 bridgehead atoms. The summed E-state index contributed by atoms with van der Waals surface area (Å²) in [6, 6.07) is 13.8. The fourth-order valence-corrected chi connectivity index (χ4v) is 5.05. The number of sulfonamides is 1. The van der Waals surface area contributed by atoms with Crippen LogP contribution in [-0.2, 0) is 16.4 Å². The summed E-state index contributed by atoms with van der Waals surface area (Å²) in [5.74, 6) is 1.46. The zero-order valence-electron chi connectivity index (χ0n) is 18.8. The van der Waals surface area contributed by atoms with Crippen LogP contribution in [0.25, 0.3) is 0 Å². The first-order valence-corrected chi connectivity index (χ1v) is 12.0. The van der Waals surface area contributed by atoms with E-state index in [1.54, 1.807) is 18.2 Å². The molecule has 0 aliphatic carbocycles. The van der Waals surface area contributed by atoms with E-state index in [0.717, 1.165) is 5.56 Å². The number of β-amino-alcohol motifs (C(OH)–C–C–N with tert-alkyl or cyclic N) is 1. The van der Waals surface area contributed by atoms with Crippen molar-refractivity contribution in [2.24, 2.45) is 0 Å². The van der Waals surface area contributed by atoms with Crippen LogP contribution >= 0.6 is 0 Å². The Balaban J connectivity index is 1.49. The molecule has 33 heavy (non-hydrogen) atoms. The average molecular weight is 476 g/mol. The third-order valence-electron chi connectivity index (χ3n) is 5.44. The lowest BCUT2D eigenvalue weighted by Gasteiger charge is -2.34. The quantitative estimate of drug-likeness (QED) is 0.550. The Hall–Kier alpha value is -2.84. The molecule has 0 spiro atoms. The van der Waals surface area contributed by atoms with E-state index in [1.165, 1.54) is 30.7 Å². The van der Waals surface area contributed by atoms with E-state index in [4.69, 9.17) is 19.5 Å². The van der Waals surface area contributed by atoms with Crippen LogP contribution in [0.2, 0.25) is 0 Å². The molecule has 1 heterocycles. The standard InChI is InChI=1S/C23H29N3O6S/c1-30-22-8-7-21(15-23(22)31-2)33(28,29)26-13-11-25(12-14-26)16-19(27)17-32-20-5-3-18(4-6-20)9-10-24/h3-8,15,19,27H,9,11-14,16-17H2,1-2H3/t19-/m1/s1. The van der Waals surface area contributed by atoms with E-state index in [0.29, 0.717) is 56.4 Å². The summed E-state index contributed by atoms with van der Waals surface area (Å²) in [7, 11) is -0.700. The first-order chi connectivity index (χ1) is 15.9. The predicted molar refractivity (Wildman–Crippen MR) is 122 cm³/mol. The molecule has 2 aromatic rings. The molecule has 1 aliphatic rings. The van der Waals surface area contributed by atoms with Crippen LogP contribution in [-0.4, -0.2) is 82.4 Å². The van der Waals surface area contributed by atoms with Crippen molar-refractivity contribution in [3.63, 3.8) is 0 Å². The lowest BCUT2D eigenvalue weighted by Crippen LogP contribution is -2.50. The van der Waals surface area contributed by atoms with Gasteiger partial charge in [0, 0.05) is 38.8 Å². The van der Waals surface area contributed by atoms with Crippen molar-refractivity contribution >= 4 is 10.0 Å². The molecule has 1 fully saturated rings. The van der Waals surface area contributed by atoms with E-state index in [2.05, 4.69) is 6.07 Å². The lowest BCUT2D eigenvalue weighted by molar-refractivity contribution is 0.0569. The number of aliphatic hydroxyl groups excluding tert-OH is 1. The summed E-state index contributed by atoms with van der Waals surface area (Å²) in [4.78, 5) is 2.17. The van der Waals surface area contributed by atoms with E-state index in [9.17, 15) is 13.5 Å². The number of nitriles is 1. The van der Waals surface area contributed by atoms with E-state index >= 15 is 0 Å². The minimum atomic E-state index is -3.66. The van der Waals surface area contributed by atoms with Crippen molar-refractivity contribution < 1.29 is 27.7 Å². The molecule has 0 unspecified atom stereocenters. The molecule has 0 amide bonds. The third-order valence-corrected chi connectivity index (χ3v) is 7.34. The number of benzene rings is 2. The van der Waals surface area contributed by atoms with Gasteiger partial charge in [0.1, 0.15) is 18.5 Å². The van der Waals surface area contributed by atoms with Gasteiger partial charge in [-0.25, -0.2) is 8.42 Å². The van der Waals surface area contributed by atoms with Crippen molar-refractivity contribution in [1.29, 1.82) is 5.26 Å². The molecule has 1 aliphatic heterocycles. The van der Waals surface area contributed by atoms with Crippen LogP contribution in [0.3, 0.4) is 0 Å².